The number of ether oxygens (including phenoxy) is 1. The molecule has 6 nitrogen and oxygen atoms in total. The van der Waals surface area contributed by atoms with Crippen LogP contribution in [0.15, 0.2) is 23.3 Å². The van der Waals surface area contributed by atoms with Crippen molar-refractivity contribution in [2.45, 2.75) is 71.4 Å². The molecule has 1 aliphatic carbocycles. The van der Waals surface area contributed by atoms with Gasteiger partial charge >= 0.3 is 0 Å². The predicted molar refractivity (Wildman–Crippen MR) is 138 cm³/mol. The highest BCUT2D eigenvalue weighted by Crippen LogP contribution is 2.30. The molecular weight excluding hydrogens is 463 g/mol. The summed E-state index contributed by atoms with van der Waals surface area (Å²) in [6.45, 7) is 6.68. The van der Waals surface area contributed by atoms with Crippen LogP contribution in [-0.4, -0.2) is 59.4 Å². The van der Waals surface area contributed by atoms with Crippen molar-refractivity contribution in [3.63, 3.8) is 0 Å². The number of hydrogen-bond acceptors (Lipinski definition) is 6. The lowest BCUT2D eigenvalue weighted by molar-refractivity contribution is -0.117. The number of aliphatic imine (C=N–C) groups is 1. The monoisotopic (exact) mass is 500 g/mol. The van der Waals surface area contributed by atoms with Crippen LogP contribution in [0, 0.1) is 18.8 Å². The van der Waals surface area contributed by atoms with Crippen LogP contribution < -0.4 is 4.74 Å². The lowest BCUT2D eigenvalue weighted by atomic mass is 9.81. The minimum atomic E-state index is -0.991. The van der Waals surface area contributed by atoms with Crippen LogP contribution in [-0.2, 0) is 24.1 Å². The smallest absolute Gasteiger partial charge is 0.250 e. The van der Waals surface area contributed by atoms with Crippen molar-refractivity contribution in [1.29, 1.82) is 0 Å². The third-order valence-electron chi connectivity index (χ3n) is 7.03. The van der Waals surface area contributed by atoms with Crippen LogP contribution in [0.4, 0.5) is 4.39 Å². The lowest BCUT2D eigenvalue weighted by Gasteiger charge is -2.28. The van der Waals surface area contributed by atoms with Crippen molar-refractivity contribution in [3.05, 3.63) is 39.5 Å². The second kappa shape index (κ2) is 12.7. The van der Waals surface area contributed by atoms with Crippen LogP contribution >= 0.6 is 11.3 Å². The van der Waals surface area contributed by atoms with Gasteiger partial charge in [-0.3, -0.25) is 4.79 Å². The van der Waals surface area contributed by atoms with Crippen molar-refractivity contribution < 1.29 is 13.9 Å². The van der Waals surface area contributed by atoms with Crippen molar-refractivity contribution in [2.24, 2.45) is 16.8 Å². The van der Waals surface area contributed by atoms with Gasteiger partial charge in [-0.25, -0.2) is 19.4 Å². The minimum absolute atomic E-state index is 0.0505. The number of fused-ring (bicyclic) bond motifs is 1. The van der Waals surface area contributed by atoms with E-state index >= 15 is 0 Å². The number of alkyl halides is 1. The van der Waals surface area contributed by atoms with E-state index in [0.717, 1.165) is 66.8 Å². The molecule has 1 unspecified atom stereocenters. The molecule has 8 heteroatoms. The Morgan fingerprint density at radius 1 is 1.29 bits per heavy atom. The van der Waals surface area contributed by atoms with E-state index in [1.807, 2.05) is 19.2 Å². The van der Waals surface area contributed by atoms with E-state index in [2.05, 4.69) is 25.9 Å². The third-order valence-corrected chi connectivity index (χ3v) is 7.95. The Bertz CT molecular complexity index is 1000. The van der Waals surface area contributed by atoms with Gasteiger partial charge in [-0.05, 0) is 76.3 Å². The van der Waals surface area contributed by atoms with Crippen molar-refractivity contribution in [3.8, 4) is 5.88 Å². The number of halogens is 1. The number of aryl methyl sites for hydroxylation is 1. The van der Waals surface area contributed by atoms with Gasteiger partial charge in [0.1, 0.15) is 12.8 Å². The molecule has 2 aromatic heterocycles. The summed E-state index contributed by atoms with van der Waals surface area (Å²) in [5, 5.41) is 0.986. The Morgan fingerprint density at radius 3 is 2.83 bits per heavy atom. The van der Waals surface area contributed by atoms with Crippen LogP contribution in [0.25, 0.3) is 0 Å². The van der Waals surface area contributed by atoms with E-state index in [9.17, 15) is 9.18 Å². The molecule has 1 amide bonds. The van der Waals surface area contributed by atoms with Gasteiger partial charge in [0, 0.05) is 48.6 Å². The minimum Gasteiger partial charge on any atom is -0.475 e. The fourth-order valence-corrected chi connectivity index (χ4v) is 5.76. The van der Waals surface area contributed by atoms with E-state index in [1.54, 1.807) is 17.5 Å². The fraction of sp³-hybridized carbons (Fsp3) is 0.630. The van der Waals surface area contributed by atoms with Gasteiger partial charge in [0.05, 0.1) is 11.4 Å². The number of amides is 1. The average Bonchev–Trinajstić information content (AvgIpc) is 3.14. The van der Waals surface area contributed by atoms with Gasteiger partial charge in [0.15, 0.2) is 0 Å². The summed E-state index contributed by atoms with van der Waals surface area (Å²) < 4.78 is 18.5. The zero-order valence-electron chi connectivity index (χ0n) is 20.9. The molecule has 35 heavy (non-hydrogen) atoms. The molecule has 1 fully saturated rings. The van der Waals surface area contributed by atoms with Gasteiger partial charge < -0.3 is 9.64 Å². The van der Waals surface area contributed by atoms with Gasteiger partial charge in [0.2, 0.25) is 5.88 Å². The Kier molecular flexibility index (Phi) is 9.38. The molecule has 0 radical (unpaired) electrons. The van der Waals surface area contributed by atoms with E-state index in [1.165, 1.54) is 31.7 Å². The Morgan fingerprint density at radius 2 is 2.09 bits per heavy atom. The van der Waals surface area contributed by atoms with E-state index in [0.29, 0.717) is 18.2 Å². The molecule has 4 rings (SSSR count). The first-order valence-electron chi connectivity index (χ1n) is 12.9. The molecule has 1 saturated carbocycles. The Hall–Kier alpha value is -2.19. The molecule has 0 bridgehead atoms. The van der Waals surface area contributed by atoms with Crippen molar-refractivity contribution in [2.75, 3.05) is 26.2 Å². The lowest BCUT2D eigenvalue weighted by Crippen LogP contribution is -2.29. The number of nitrogens with zero attached hydrogens (tertiary/aromatic N) is 4. The summed E-state index contributed by atoms with van der Waals surface area (Å²) in [6, 6.07) is 3.96. The van der Waals surface area contributed by atoms with Crippen LogP contribution in [0.5, 0.6) is 5.88 Å². The molecule has 3 heterocycles. The maximum absolute atomic E-state index is 13.1. The molecule has 0 N–H and O–H groups in total. The number of hydrogen-bond donors (Lipinski definition) is 0. The molecular formula is C27H37FN4O2S. The zero-order chi connectivity index (χ0) is 24.6. The molecule has 2 aliphatic rings. The highest BCUT2D eigenvalue weighted by Gasteiger charge is 2.22. The zero-order valence-corrected chi connectivity index (χ0v) is 21.7. The van der Waals surface area contributed by atoms with Crippen LogP contribution in [0.1, 0.15) is 60.2 Å². The fourth-order valence-electron chi connectivity index (χ4n) is 4.97. The SMILES string of the molecule is Cc1ncc(CC(=O)N=CC2CCC(CCN3CCc4ccc(OCC(C)F)nc4CC3)CC2)s1. The summed E-state index contributed by atoms with van der Waals surface area (Å²) in [4.78, 5) is 28.8. The number of pyridine rings is 1. The number of thiazole rings is 1. The van der Waals surface area contributed by atoms with Crippen molar-refractivity contribution >= 4 is 23.5 Å². The van der Waals surface area contributed by atoms with Gasteiger partial charge in [-0.2, -0.15) is 0 Å². The molecule has 190 valence electrons. The molecule has 1 aliphatic heterocycles. The number of aromatic nitrogens is 2. The summed E-state index contributed by atoms with van der Waals surface area (Å²) in [5.41, 5.74) is 2.38. The van der Waals surface area contributed by atoms with Gasteiger partial charge in [-0.1, -0.05) is 6.07 Å². The maximum Gasteiger partial charge on any atom is 0.250 e. The first kappa shape index (κ1) is 25.9. The molecule has 0 spiro atoms. The number of carbonyl (C=O) groups is 1. The molecule has 2 aromatic rings. The summed E-state index contributed by atoms with van der Waals surface area (Å²) >= 11 is 1.56. The van der Waals surface area contributed by atoms with E-state index in [4.69, 9.17) is 4.74 Å². The topological polar surface area (TPSA) is 67.7 Å². The van der Waals surface area contributed by atoms with Gasteiger partial charge in [0.25, 0.3) is 5.91 Å². The summed E-state index contributed by atoms with van der Waals surface area (Å²) in [7, 11) is 0. The quantitative estimate of drug-likeness (QED) is 0.452. The largest absolute Gasteiger partial charge is 0.475 e. The highest BCUT2D eigenvalue weighted by atomic mass is 32.1. The molecule has 0 saturated heterocycles. The van der Waals surface area contributed by atoms with E-state index < -0.39 is 6.17 Å². The summed E-state index contributed by atoms with van der Waals surface area (Å²) in [6.07, 6.45) is 10.8. The number of carbonyl (C=O) groups excluding carboxylic acids is 1. The average molecular weight is 501 g/mol. The second-order valence-corrected chi connectivity index (χ2v) is 11.3. The van der Waals surface area contributed by atoms with Crippen LogP contribution in [0.3, 0.4) is 0 Å². The normalized spacial score (nSPS) is 22.0. The molecule has 1 atom stereocenters. The Labute approximate surface area is 212 Å². The first-order valence-corrected chi connectivity index (χ1v) is 13.7. The maximum atomic E-state index is 13.1. The third kappa shape index (κ3) is 8.17. The summed E-state index contributed by atoms with van der Waals surface area (Å²) in [5.74, 6) is 1.64. The first-order chi connectivity index (χ1) is 16.9. The molecule has 0 aromatic carbocycles. The van der Waals surface area contributed by atoms with Crippen LogP contribution in [0.2, 0.25) is 0 Å². The second-order valence-electron chi connectivity index (χ2n) is 9.95. The van der Waals surface area contributed by atoms with E-state index in [-0.39, 0.29) is 12.5 Å². The highest BCUT2D eigenvalue weighted by molar-refractivity contribution is 7.11. The van der Waals surface area contributed by atoms with Gasteiger partial charge in [-0.15, -0.1) is 11.3 Å². The van der Waals surface area contributed by atoms with Crippen molar-refractivity contribution in [1.82, 2.24) is 14.9 Å². The Balaban J connectivity index is 1.15. The predicted octanol–water partition coefficient (Wildman–Crippen LogP) is 5.02. The number of rotatable bonds is 9. The standard InChI is InChI=1S/C27H37FN4O2S/c1-19(28)18-34-27-8-7-23-10-13-32(14-11-25(23)31-27)12-9-21-3-5-22(6-4-21)16-30-26(33)15-24-17-29-20(2)35-24/h7-8,16-17,19,21-22H,3-6,9-15,18H2,1-2H3.